The SMILES string of the molecule is NC(=O)CCC(NC(=O)C(Cc1ccc(O)cc1)NC(=O)C(N)CC(=O)O)C(=O)N1CCCC1C(=O)O. The number of primary amides is 1. The molecule has 1 aromatic carbocycles. The van der Waals surface area contributed by atoms with Gasteiger partial charge >= 0.3 is 11.9 Å². The topological polar surface area (TPSA) is 242 Å². The number of nitrogens with two attached hydrogens (primary N) is 2. The number of benzene rings is 1. The summed E-state index contributed by atoms with van der Waals surface area (Å²) in [6.45, 7) is 0.149. The molecule has 0 radical (unpaired) electrons. The highest BCUT2D eigenvalue weighted by Crippen LogP contribution is 2.20. The van der Waals surface area contributed by atoms with E-state index in [1.807, 2.05) is 0 Å². The van der Waals surface area contributed by atoms with Gasteiger partial charge in [-0.15, -0.1) is 0 Å². The molecule has 14 heteroatoms. The van der Waals surface area contributed by atoms with Crippen LogP contribution in [0.1, 0.15) is 37.7 Å². The zero-order chi connectivity index (χ0) is 27.7. The number of carboxylic acid groups (broad SMARTS) is 2. The second-order valence-corrected chi connectivity index (χ2v) is 8.73. The molecule has 1 aliphatic heterocycles. The maximum Gasteiger partial charge on any atom is 0.326 e. The summed E-state index contributed by atoms with van der Waals surface area (Å²) in [5, 5.41) is 32.7. The molecule has 0 spiro atoms. The molecule has 0 aromatic heterocycles. The van der Waals surface area contributed by atoms with E-state index in [1.165, 1.54) is 24.3 Å². The van der Waals surface area contributed by atoms with Crippen LogP contribution in [0.2, 0.25) is 0 Å². The molecule has 0 saturated carbocycles. The lowest BCUT2D eigenvalue weighted by Crippen LogP contribution is -2.57. The quantitative estimate of drug-likeness (QED) is 0.151. The fraction of sp³-hybridized carbons (Fsp3) is 0.478. The molecular formula is C23H31N5O9. The van der Waals surface area contributed by atoms with E-state index >= 15 is 0 Å². The zero-order valence-corrected chi connectivity index (χ0v) is 20.0. The van der Waals surface area contributed by atoms with Crippen molar-refractivity contribution in [1.29, 1.82) is 0 Å². The van der Waals surface area contributed by atoms with Gasteiger partial charge in [0.1, 0.15) is 23.9 Å². The first kappa shape index (κ1) is 29.0. The minimum Gasteiger partial charge on any atom is -0.508 e. The lowest BCUT2D eigenvalue weighted by molar-refractivity contribution is -0.149. The number of rotatable bonds is 13. The Balaban J connectivity index is 2.27. The second kappa shape index (κ2) is 13.2. The zero-order valence-electron chi connectivity index (χ0n) is 20.0. The molecule has 9 N–H and O–H groups in total. The number of nitrogens with one attached hydrogen (secondary N) is 2. The van der Waals surface area contributed by atoms with Crippen molar-refractivity contribution in [3.05, 3.63) is 29.8 Å². The van der Waals surface area contributed by atoms with Gasteiger partial charge in [-0.2, -0.15) is 0 Å². The van der Waals surface area contributed by atoms with Crippen LogP contribution in [0.4, 0.5) is 0 Å². The number of carbonyl (C=O) groups excluding carboxylic acids is 4. The van der Waals surface area contributed by atoms with E-state index in [0.29, 0.717) is 12.0 Å². The van der Waals surface area contributed by atoms with Crippen molar-refractivity contribution in [2.24, 2.45) is 11.5 Å². The van der Waals surface area contributed by atoms with Crippen LogP contribution in [0.3, 0.4) is 0 Å². The van der Waals surface area contributed by atoms with Crippen molar-refractivity contribution in [2.75, 3.05) is 6.54 Å². The summed E-state index contributed by atoms with van der Waals surface area (Å²) in [4.78, 5) is 73.9. The lowest BCUT2D eigenvalue weighted by Gasteiger charge is -2.29. The summed E-state index contributed by atoms with van der Waals surface area (Å²) in [7, 11) is 0. The van der Waals surface area contributed by atoms with Gasteiger partial charge in [-0.05, 0) is 37.0 Å². The van der Waals surface area contributed by atoms with Gasteiger partial charge in [0.05, 0.1) is 12.5 Å². The number of phenolic OH excluding ortho intramolecular Hbond substituents is 1. The third-order valence-corrected chi connectivity index (χ3v) is 5.86. The molecule has 202 valence electrons. The predicted octanol–water partition coefficient (Wildman–Crippen LogP) is -1.95. The highest BCUT2D eigenvalue weighted by molar-refractivity contribution is 5.95. The van der Waals surface area contributed by atoms with E-state index in [9.17, 15) is 39.0 Å². The number of hydrogen-bond acceptors (Lipinski definition) is 8. The lowest BCUT2D eigenvalue weighted by atomic mass is 10.0. The number of carboxylic acids is 2. The Kier molecular flexibility index (Phi) is 10.4. The van der Waals surface area contributed by atoms with E-state index in [4.69, 9.17) is 16.6 Å². The van der Waals surface area contributed by atoms with Gasteiger partial charge in [0.15, 0.2) is 0 Å². The van der Waals surface area contributed by atoms with Crippen LogP contribution in [-0.2, 0) is 35.2 Å². The average Bonchev–Trinajstić information content (AvgIpc) is 3.32. The Morgan fingerprint density at radius 3 is 2.19 bits per heavy atom. The van der Waals surface area contributed by atoms with E-state index in [2.05, 4.69) is 10.6 Å². The smallest absolute Gasteiger partial charge is 0.326 e. The van der Waals surface area contributed by atoms with E-state index in [0.717, 1.165) is 4.90 Å². The Bertz CT molecular complexity index is 1030. The van der Waals surface area contributed by atoms with Crippen LogP contribution in [0.5, 0.6) is 5.75 Å². The first-order valence-corrected chi connectivity index (χ1v) is 11.6. The number of amides is 4. The van der Waals surface area contributed by atoms with Crippen molar-refractivity contribution in [3.8, 4) is 5.75 Å². The summed E-state index contributed by atoms with van der Waals surface area (Å²) >= 11 is 0. The predicted molar refractivity (Wildman–Crippen MR) is 127 cm³/mol. The van der Waals surface area contributed by atoms with Crippen LogP contribution >= 0.6 is 0 Å². The number of likely N-dealkylation sites (tertiary alicyclic amines) is 1. The molecular weight excluding hydrogens is 490 g/mol. The number of nitrogens with zero attached hydrogens (tertiary/aromatic N) is 1. The highest BCUT2D eigenvalue weighted by atomic mass is 16.4. The second-order valence-electron chi connectivity index (χ2n) is 8.73. The summed E-state index contributed by atoms with van der Waals surface area (Å²) in [5.41, 5.74) is 11.3. The van der Waals surface area contributed by atoms with Crippen LogP contribution in [0.25, 0.3) is 0 Å². The summed E-state index contributed by atoms with van der Waals surface area (Å²) in [5.74, 6) is -5.78. The third-order valence-electron chi connectivity index (χ3n) is 5.86. The largest absolute Gasteiger partial charge is 0.508 e. The minimum atomic E-state index is -1.46. The van der Waals surface area contributed by atoms with Gasteiger partial charge in [0.25, 0.3) is 0 Å². The summed E-state index contributed by atoms with van der Waals surface area (Å²) in [6.07, 6.45) is -0.610. The van der Waals surface area contributed by atoms with Gasteiger partial charge < -0.3 is 42.3 Å². The maximum absolute atomic E-state index is 13.2. The normalized spacial score (nSPS) is 17.3. The fourth-order valence-electron chi connectivity index (χ4n) is 3.94. The average molecular weight is 522 g/mol. The molecule has 1 heterocycles. The van der Waals surface area contributed by atoms with Crippen molar-refractivity contribution >= 4 is 35.6 Å². The summed E-state index contributed by atoms with van der Waals surface area (Å²) < 4.78 is 0. The number of carbonyl (C=O) groups is 6. The van der Waals surface area contributed by atoms with E-state index < -0.39 is 66.2 Å². The van der Waals surface area contributed by atoms with Gasteiger partial charge in [-0.1, -0.05) is 12.1 Å². The van der Waals surface area contributed by atoms with Gasteiger partial charge in [0, 0.05) is 19.4 Å². The number of phenols is 1. The van der Waals surface area contributed by atoms with Crippen molar-refractivity contribution in [3.63, 3.8) is 0 Å². The molecule has 4 unspecified atom stereocenters. The molecule has 1 aliphatic rings. The molecule has 2 rings (SSSR count). The molecule has 1 saturated heterocycles. The minimum absolute atomic E-state index is 0.0343. The Morgan fingerprint density at radius 2 is 1.62 bits per heavy atom. The Hall–Kier alpha value is -4.20. The molecule has 0 bridgehead atoms. The number of hydrogen-bond donors (Lipinski definition) is 7. The molecule has 14 nitrogen and oxygen atoms in total. The standard InChI is InChI=1S/C23H31N5O9/c24-14(11-19(31)32)20(33)27-16(10-12-3-5-13(29)6-4-12)21(34)26-15(7-8-18(25)30)22(35)28-9-1-2-17(28)23(36)37/h3-6,14-17,29H,1-2,7-11,24H2,(H2,25,30)(H,26,34)(H,27,33)(H,31,32)(H,36,37). The summed E-state index contributed by atoms with van der Waals surface area (Å²) in [6, 6.07) is 0.540. The van der Waals surface area contributed by atoms with Crippen molar-refractivity contribution in [2.45, 2.75) is 62.7 Å². The fourth-order valence-corrected chi connectivity index (χ4v) is 3.94. The third kappa shape index (κ3) is 8.75. The molecule has 37 heavy (non-hydrogen) atoms. The number of aromatic hydroxyl groups is 1. The first-order valence-electron chi connectivity index (χ1n) is 11.6. The van der Waals surface area contributed by atoms with Gasteiger partial charge in [0.2, 0.25) is 23.6 Å². The molecule has 1 aromatic rings. The first-order chi connectivity index (χ1) is 17.4. The van der Waals surface area contributed by atoms with Gasteiger partial charge in [-0.3, -0.25) is 24.0 Å². The molecule has 4 atom stereocenters. The maximum atomic E-state index is 13.2. The van der Waals surface area contributed by atoms with Crippen LogP contribution in [0.15, 0.2) is 24.3 Å². The Labute approximate surface area is 212 Å². The number of aliphatic carboxylic acids is 2. The van der Waals surface area contributed by atoms with Crippen LogP contribution in [0, 0.1) is 0 Å². The van der Waals surface area contributed by atoms with Gasteiger partial charge in [-0.25, -0.2) is 4.79 Å². The van der Waals surface area contributed by atoms with Crippen LogP contribution < -0.4 is 22.1 Å². The van der Waals surface area contributed by atoms with Crippen molar-refractivity contribution < 1.29 is 44.1 Å². The van der Waals surface area contributed by atoms with E-state index in [-0.39, 0.29) is 38.0 Å². The van der Waals surface area contributed by atoms with E-state index in [1.54, 1.807) is 0 Å². The Morgan fingerprint density at radius 1 is 1.00 bits per heavy atom. The molecule has 1 fully saturated rings. The molecule has 0 aliphatic carbocycles. The van der Waals surface area contributed by atoms with Crippen LogP contribution in [-0.4, -0.2) is 86.5 Å². The highest BCUT2D eigenvalue weighted by Gasteiger charge is 2.38. The van der Waals surface area contributed by atoms with Crippen molar-refractivity contribution in [1.82, 2.24) is 15.5 Å². The molecule has 4 amide bonds. The monoisotopic (exact) mass is 521 g/mol.